The Bertz CT molecular complexity index is 928. The van der Waals surface area contributed by atoms with E-state index in [1.807, 2.05) is 42.2 Å². The van der Waals surface area contributed by atoms with Crippen LogP contribution in [0.15, 0.2) is 46.9 Å². The minimum absolute atomic E-state index is 0.143. The molecule has 7 heteroatoms. The molecule has 0 bridgehead atoms. The van der Waals surface area contributed by atoms with Crippen molar-refractivity contribution in [1.82, 2.24) is 10.2 Å². The van der Waals surface area contributed by atoms with E-state index < -0.39 is 0 Å². The molecule has 3 aromatic rings. The highest BCUT2D eigenvalue weighted by molar-refractivity contribution is 5.63. The van der Waals surface area contributed by atoms with Crippen LogP contribution < -0.4 is 14.4 Å². The van der Waals surface area contributed by atoms with Gasteiger partial charge in [-0.1, -0.05) is 18.2 Å². The van der Waals surface area contributed by atoms with Crippen molar-refractivity contribution in [2.45, 2.75) is 19.6 Å². The normalized spacial score (nSPS) is 16.1. The van der Waals surface area contributed by atoms with Crippen molar-refractivity contribution in [2.24, 2.45) is 0 Å². The molecule has 26 heavy (non-hydrogen) atoms. The molecule has 4 rings (SSSR count). The Morgan fingerprint density at radius 2 is 2.04 bits per heavy atom. The van der Waals surface area contributed by atoms with Crippen LogP contribution in [-0.2, 0) is 6.54 Å². The SMILES string of the molecule is COc1ccccc1-c1nnc(CN2C[C@H](C)Oc3c(F)cccc32)o1. The van der Waals surface area contributed by atoms with Gasteiger partial charge in [-0.2, -0.15) is 0 Å². The van der Waals surface area contributed by atoms with Gasteiger partial charge in [0.25, 0.3) is 5.89 Å². The second-order valence-corrected chi connectivity index (χ2v) is 6.10. The van der Waals surface area contributed by atoms with Crippen LogP contribution in [0.4, 0.5) is 10.1 Å². The van der Waals surface area contributed by atoms with E-state index in [9.17, 15) is 4.39 Å². The van der Waals surface area contributed by atoms with Crippen molar-refractivity contribution >= 4 is 5.69 Å². The highest BCUT2D eigenvalue weighted by Crippen LogP contribution is 2.36. The highest BCUT2D eigenvalue weighted by atomic mass is 19.1. The van der Waals surface area contributed by atoms with E-state index in [1.165, 1.54) is 6.07 Å². The fourth-order valence-corrected chi connectivity index (χ4v) is 3.07. The molecule has 0 radical (unpaired) electrons. The van der Waals surface area contributed by atoms with Gasteiger partial charge in [0.15, 0.2) is 11.6 Å². The number of fused-ring (bicyclic) bond motifs is 1. The lowest BCUT2D eigenvalue weighted by Crippen LogP contribution is -2.38. The Morgan fingerprint density at radius 1 is 1.19 bits per heavy atom. The topological polar surface area (TPSA) is 60.6 Å². The second-order valence-electron chi connectivity index (χ2n) is 6.10. The first kappa shape index (κ1) is 16.4. The summed E-state index contributed by atoms with van der Waals surface area (Å²) in [5, 5.41) is 8.26. The predicted octanol–water partition coefficient (Wildman–Crippen LogP) is 3.67. The lowest BCUT2D eigenvalue weighted by molar-refractivity contribution is 0.201. The van der Waals surface area contributed by atoms with Gasteiger partial charge in [-0.15, -0.1) is 10.2 Å². The molecule has 1 aliphatic rings. The Kier molecular flexibility index (Phi) is 4.20. The monoisotopic (exact) mass is 355 g/mol. The number of methoxy groups -OCH3 is 1. The first-order valence-electron chi connectivity index (χ1n) is 8.31. The molecule has 1 atom stereocenters. The van der Waals surface area contributed by atoms with Crippen LogP contribution in [0.25, 0.3) is 11.5 Å². The summed E-state index contributed by atoms with van der Waals surface area (Å²) in [5.74, 6) is 1.37. The van der Waals surface area contributed by atoms with Crippen molar-refractivity contribution in [2.75, 3.05) is 18.6 Å². The maximum Gasteiger partial charge on any atom is 0.251 e. The van der Waals surface area contributed by atoms with Crippen LogP contribution in [0.3, 0.4) is 0 Å². The zero-order chi connectivity index (χ0) is 18.1. The minimum Gasteiger partial charge on any atom is -0.496 e. The Labute approximate surface area is 150 Å². The molecule has 1 aromatic heterocycles. The molecule has 0 amide bonds. The number of para-hydroxylation sites is 2. The van der Waals surface area contributed by atoms with Crippen LogP contribution in [0, 0.1) is 5.82 Å². The maximum absolute atomic E-state index is 14.0. The number of nitrogens with zero attached hydrogens (tertiary/aromatic N) is 3. The number of ether oxygens (including phenoxy) is 2. The summed E-state index contributed by atoms with van der Waals surface area (Å²) in [6.45, 7) is 2.87. The highest BCUT2D eigenvalue weighted by Gasteiger charge is 2.27. The maximum atomic E-state index is 14.0. The predicted molar refractivity (Wildman–Crippen MR) is 93.8 cm³/mol. The molecule has 1 aliphatic heterocycles. The molecule has 0 N–H and O–H groups in total. The molecule has 0 saturated carbocycles. The summed E-state index contributed by atoms with van der Waals surface area (Å²) in [6, 6.07) is 12.3. The van der Waals surface area contributed by atoms with Gasteiger partial charge >= 0.3 is 0 Å². The number of rotatable bonds is 4. The number of anilines is 1. The molecule has 0 spiro atoms. The molecular weight excluding hydrogens is 337 g/mol. The van der Waals surface area contributed by atoms with Crippen molar-refractivity contribution in [3.8, 4) is 23.0 Å². The Morgan fingerprint density at radius 3 is 2.88 bits per heavy atom. The average molecular weight is 355 g/mol. The van der Waals surface area contributed by atoms with Gasteiger partial charge in [-0.05, 0) is 31.2 Å². The van der Waals surface area contributed by atoms with Crippen LogP contribution >= 0.6 is 0 Å². The Hall–Kier alpha value is -3.09. The van der Waals surface area contributed by atoms with Crippen molar-refractivity contribution in [3.05, 3.63) is 54.2 Å². The molecule has 0 fully saturated rings. The van der Waals surface area contributed by atoms with E-state index in [1.54, 1.807) is 13.2 Å². The molecule has 0 unspecified atom stereocenters. The van der Waals surface area contributed by atoms with E-state index in [0.29, 0.717) is 36.3 Å². The number of hydrogen-bond donors (Lipinski definition) is 0. The summed E-state index contributed by atoms with van der Waals surface area (Å²) in [7, 11) is 1.59. The van der Waals surface area contributed by atoms with Crippen LogP contribution in [0.1, 0.15) is 12.8 Å². The smallest absolute Gasteiger partial charge is 0.251 e. The quantitative estimate of drug-likeness (QED) is 0.712. The summed E-state index contributed by atoms with van der Waals surface area (Å²) < 4.78 is 30.8. The van der Waals surface area contributed by atoms with Crippen LogP contribution in [0.2, 0.25) is 0 Å². The first-order valence-corrected chi connectivity index (χ1v) is 8.31. The molecule has 0 saturated heterocycles. The van der Waals surface area contributed by atoms with E-state index >= 15 is 0 Å². The first-order chi connectivity index (χ1) is 12.7. The molecule has 0 aliphatic carbocycles. The largest absolute Gasteiger partial charge is 0.496 e. The van der Waals surface area contributed by atoms with Gasteiger partial charge in [-0.3, -0.25) is 0 Å². The van der Waals surface area contributed by atoms with E-state index in [0.717, 1.165) is 5.56 Å². The lowest BCUT2D eigenvalue weighted by atomic mass is 10.2. The zero-order valence-electron chi connectivity index (χ0n) is 14.5. The number of halogens is 1. The standard InChI is InChI=1S/C19H18FN3O3/c1-12-10-23(15-8-5-7-14(20)18(15)25-12)11-17-21-22-19(26-17)13-6-3-4-9-16(13)24-2/h3-9,12H,10-11H2,1-2H3/t12-/m0/s1. The summed E-state index contributed by atoms with van der Waals surface area (Å²) in [6.07, 6.45) is -0.143. The van der Waals surface area contributed by atoms with E-state index in [4.69, 9.17) is 13.9 Å². The number of aromatic nitrogens is 2. The molecular formula is C19H18FN3O3. The van der Waals surface area contributed by atoms with Gasteiger partial charge in [0.2, 0.25) is 5.89 Å². The van der Waals surface area contributed by atoms with Crippen LogP contribution in [-0.4, -0.2) is 30.0 Å². The number of benzene rings is 2. The van der Waals surface area contributed by atoms with Gasteiger partial charge < -0.3 is 18.8 Å². The van der Waals surface area contributed by atoms with Gasteiger partial charge in [0.05, 0.1) is 31.5 Å². The fourth-order valence-electron chi connectivity index (χ4n) is 3.07. The summed E-state index contributed by atoms with van der Waals surface area (Å²) in [5.41, 5.74) is 1.41. The Balaban J connectivity index is 1.62. The second kappa shape index (κ2) is 6.67. The van der Waals surface area contributed by atoms with Crippen LogP contribution in [0.5, 0.6) is 11.5 Å². The average Bonchev–Trinajstić information content (AvgIpc) is 3.11. The molecule has 2 aromatic carbocycles. The third-order valence-electron chi connectivity index (χ3n) is 4.21. The van der Waals surface area contributed by atoms with Gasteiger partial charge in [0, 0.05) is 0 Å². The number of hydrogen-bond acceptors (Lipinski definition) is 6. The third kappa shape index (κ3) is 2.96. The summed E-state index contributed by atoms with van der Waals surface area (Å²) >= 11 is 0. The molecule has 134 valence electrons. The lowest BCUT2D eigenvalue weighted by Gasteiger charge is -2.34. The molecule has 2 heterocycles. The minimum atomic E-state index is -0.376. The van der Waals surface area contributed by atoms with Crippen molar-refractivity contribution < 1.29 is 18.3 Å². The third-order valence-corrected chi connectivity index (χ3v) is 4.21. The molecule has 6 nitrogen and oxygen atoms in total. The van der Waals surface area contributed by atoms with Crippen molar-refractivity contribution in [1.29, 1.82) is 0 Å². The van der Waals surface area contributed by atoms with Gasteiger partial charge in [-0.25, -0.2) is 4.39 Å². The van der Waals surface area contributed by atoms with Crippen molar-refractivity contribution in [3.63, 3.8) is 0 Å². The van der Waals surface area contributed by atoms with E-state index in [-0.39, 0.29) is 17.7 Å². The summed E-state index contributed by atoms with van der Waals surface area (Å²) in [4.78, 5) is 1.98. The van der Waals surface area contributed by atoms with Gasteiger partial charge in [0.1, 0.15) is 11.9 Å². The fraction of sp³-hybridized carbons (Fsp3) is 0.263. The zero-order valence-corrected chi connectivity index (χ0v) is 14.5. The van der Waals surface area contributed by atoms with E-state index in [2.05, 4.69) is 10.2 Å².